The lowest BCUT2D eigenvalue weighted by Gasteiger charge is -1.92. The van der Waals surface area contributed by atoms with E-state index < -0.39 is 16.3 Å². The monoisotopic (exact) mass is 200 g/mol. The van der Waals surface area contributed by atoms with Crippen LogP contribution < -0.4 is 5.73 Å². The van der Waals surface area contributed by atoms with Crippen LogP contribution in [0.15, 0.2) is 30.3 Å². The lowest BCUT2D eigenvalue weighted by Crippen LogP contribution is -2.13. The first kappa shape index (κ1) is 11.8. The molecule has 0 radical (unpaired) electrons. The van der Waals surface area contributed by atoms with Gasteiger partial charge in [0, 0.05) is 11.1 Å². The van der Waals surface area contributed by atoms with E-state index in [1.54, 1.807) is 0 Å². The molecule has 1 atom stereocenters. The number of hydrogen-bond donors (Lipinski definition) is 1. The first-order chi connectivity index (χ1) is 6.04. The van der Waals surface area contributed by atoms with Crippen molar-refractivity contribution in [3.05, 3.63) is 35.9 Å². The molecule has 5 heteroatoms. The van der Waals surface area contributed by atoms with Crippen LogP contribution in [-0.4, -0.2) is 14.0 Å². The average molecular weight is 200 g/mol. The van der Waals surface area contributed by atoms with Crippen LogP contribution in [0, 0.1) is 6.92 Å². The van der Waals surface area contributed by atoms with Crippen LogP contribution in [0.25, 0.3) is 0 Å². The molecule has 72 valence electrons. The second kappa shape index (κ2) is 6.33. The van der Waals surface area contributed by atoms with Gasteiger partial charge in [-0.3, -0.25) is 9.00 Å². The van der Waals surface area contributed by atoms with Crippen molar-refractivity contribution >= 4 is 16.3 Å². The van der Waals surface area contributed by atoms with E-state index in [1.807, 2.05) is 18.2 Å². The maximum absolute atomic E-state index is 9.31. The van der Waals surface area contributed by atoms with Gasteiger partial charge in [-0.2, -0.15) is 0 Å². The predicted molar refractivity (Wildman–Crippen MR) is 49.7 cm³/mol. The summed E-state index contributed by atoms with van der Waals surface area (Å²) in [5.74, 6) is 0. The van der Waals surface area contributed by atoms with Gasteiger partial charge in [0.25, 0.3) is 5.24 Å². The highest BCUT2D eigenvalue weighted by Gasteiger charge is 1.84. The highest BCUT2D eigenvalue weighted by molar-refractivity contribution is 7.95. The Bertz CT molecular complexity index is 275. The molecule has 0 heterocycles. The number of hydrogen-bond acceptors (Lipinski definition) is 3. The zero-order chi connectivity index (χ0) is 10.3. The van der Waals surface area contributed by atoms with E-state index in [9.17, 15) is 13.6 Å². The fourth-order valence-corrected chi connectivity index (χ4v) is 0.534. The summed E-state index contributed by atoms with van der Waals surface area (Å²) < 4.78 is 18.4. The molecule has 0 spiro atoms. The topological polar surface area (TPSA) is 83.2 Å². The van der Waals surface area contributed by atoms with E-state index in [0.717, 1.165) is 0 Å². The summed E-state index contributed by atoms with van der Waals surface area (Å²) in [4.78, 5) is 9.31. The molecule has 4 nitrogen and oxygen atoms in total. The van der Waals surface area contributed by atoms with Crippen LogP contribution in [0.1, 0.15) is 5.56 Å². The third kappa shape index (κ3) is 7.17. The molecule has 1 aromatic carbocycles. The van der Waals surface area contributed by atoms with Crippen LogP contribution >= 0.6 is 0 Å². The number of benzene rings is 1. The summed E-state index contributed by atoms with van der Waals surface area (Å²) in [7, 11) is 0. The fraction of sp³-hybridized carbons (Fsp3) is 0.125. The highest BCUT2D eigenvalue weighted by atomic mass is 32.2. The fourth-order valence-electron chi connectivity index (χ4n) is 0.534. The van der Waals surface area contributed by atoms with Crippen molar-refractivity contribution in [3.8, 4) is 0 Å². The zero-order valence-corrected chi connectivity index (χ0v) is 7.91. The number of amides is 1. The van der Waals surface area contributed by atoms with Crippen molar-refractivity contribution in [1.82, 2.24) is 0 Å². The number of carbonyl (C=O) groups is 1. The molecule has 0 aliphatic heterocycles. The maximum atomic E-state index is 9.31. The third-order valence-corrected chi connectivity index (χ3v) is 1.43. The molecule has 1 rings (SSSR count). The zero-order valence-electron chi connectivity index (χ0n) is 7.10. The smallest absolute Gasteiger partial charge is 0.293 e. The maximum Gasteiger partial charge on any atom is 0.293 e. The van der Waals surface area contributed by atoms with E-state index in [1.165, 1.54) is 5.56 Å². The average Bonchev–Trinajstić information content (AvgIpc) is 2.06. The Morgan fingerprint density at radius 2 is 1.77 bits per heavy atom. The predicted octanol–water partition coefficient (Wildman–Crippen LogP) is 0.939. The normalized spacial score (nSPS) is 10.9. The van der Waals surface area contributed by atoms with Crippen LogP contribution in [0.5, 0.6) is 0 Å². The van der Waals surface area contributed by atoms with Gasteiger partial charge in [0.2, 0.25) is 0 Å². The van der Waals surface area contributed by atoms with E-state index in [4.69, 9.17) is 0 Å². The van der Waals surface area contributed by atoms with Gasteiger partial charge in [-0.25, -0.2) is 0 Å². The Morgan fingerprint density at radius 1 is 1.38 bits per heavy atom. The Hall–Kier alpha value is -1.20. The SMILES string of the molecule is Cc1ccccc1.NC(=O)S(=O)[O-]. The van der Waals surface area contributed by atoms with Gasteiger partial charge in [-0.05, 0) is 6.92 Å². The standard InChI is InChI=1S/C7H8.CH3NO3S/c1-7-5-3-2-4-6-7;2-1(3)6(4)5/h2-6H,1H3;(H2,2,3)(H,4,5)/p-1. The lowest BCUT2D eigenvalue weighted by atomic mass is 10.2. The summed E-state index contributed by atoms with van der Waals surface area (Å²) in [6, 6.07) is 10.3. The van der Waals surface area contributed by atoms with Gasteiger partial charge in [0.1, 0.15) is 0 Å². The molecule has 1 aromatic rings. The van der Waals surface area contributed by atoms with Crippen molar-refractivity contribution < 1.29 is 13.6 Å². The molecular formula is C8H10NO3S-. The number of nitrogens with two attached hydrogens (primary N) is 1. The molecule has 0 saturated carbocycles. The summed E-state index contributed by atoms with van der Waals surface area (Å²) in [5, 5.41) is -1.32. The summed E-state index contributed by atoms with van der Waals surface area (Å²) in [5.41, 5.74) is 5.51. The van der Waals surface area contributed by atoms with Gasteiger partial charge in [-0.15, -0.1) is 0 Å². The molecule has 2 N–H and O–H groups in total. The summed E-state index contributed by atoms with van der Waals surface area (Å²) >= 11 is -2.73. The van der Waals surface area contributed by atoms with Crippen molar-refractivity contribution in [3.63, 3.8) is 0 Å². The van der Waals surface area contributed by atoms with Gasteiger partial charge in [0.05, 0.1) is 0 Å². The molecule has 0 aromatic heterocycles. The second-order valence-corrected chi connectivity index (χ2v) is 3.08. The minimum atomic E-state index is -2.73. The summed E-state index contributed by atoms with van der Waals surface area (Å²) in [6.07, 6.45) is 0. The Labute approximate surface area is 79.0 Å². The highest BCUT2D eigenvalue weighted by Crippen LogP contribution is 1.92. The molecule has 1 amide bonds. The van der Waals surface area contributed by atoms with Gasteiger partial charge >= 0.3 is 0 Å². The second-order valence-electron chi connectivity index (χ2n) is 2.21. The molecule has 13 heavy (non-hydrogen) atoms. The molecule has 0 aliphatic carbocycles. The Balaban J connectivity index is 0.000000226. The van der Waals surface area contributed by atoms with Crippen molar-refractivity contribution in [2.24, 2.45) is 5.73 Å². The van der Waals surface area contributed by atoms with E-state index >= 15 is 0 Å². The van der Waals surface area contributed by atoms with E-state index in [2.05, 4.69) is 24.8 Å². The Kier molecular flexibility index (Phi) is 5.75. The molecule has 0 aliphatic rings. The number of primary amides is 1. The first-order valence-corrected chi connectivity index (χ1v) is 4.52. The lowest BCUT2D eigenvalue weighted by molar-refractivity contribution is 0.264. The van der Waals surface area contributed by atoms with Gasteiger partial charge < -0.3 is 10.3 Å². The minimum absolute atomic E-state index is 1.32. The van der Waals surface area contributed by atoms with Crippen molar-refractivity contribution in [1.29, 1.82) is 0 Å². The van der Waals surface area contributed by atoms with Gasteiger partial charge in [-0.1, -0.05) is 35.9 Å². The van der Waals surface area contributed by atoms with Crippen LogP contribution in [0.4, 0.5) is 4.79 Å². The van der Waals surface area contributed by atoms with Gasteiger partial charge in [0.15, 0.2) is 0 Å². The van der Waals surface area contributed by atoms with E-state index in [-0.39, 0.29) is 0 Å². The van der Waals surface area contributed by atoms with E-state index in [0.29, 0.717) is 0 Å². The van der Waals surface area contributed by atoms with Crippen molar-refractivity contribution in [2.45, 2.75) is 6.92 Å². The molecule has 0 fully saturated rings. The molecule has 0 bridgehead atoms. The molecular weight excluding hydrogens is 190 g/mol. The third-order valence-electron chi connectivity index (χ3n) is 1.10. The Morgan fingerprint density at radius 3 is 1.92 bits per heavy atom. The van der Waals surface area contributed by atoms with Crippen LogP contribution in [0.3, 0.4) is 0 Å². The number of carbonyl (C=O) groups excluding carboxylic acids is 1. The first-order valence-electron chi connectivity index (χ1n) is 3.44. The van der Waals surface area contributed by atoms with Crippen LogP contribution in [-0.2, 0) is 11.1 Å². The summed E-state index contributed by atoms with van der Waals surface area (Å²) in [6.45, 7) is 2.08. The molecule has 0 saturated heterocycles. The van der Waals surface area contributed by atoms with Crippen molar-refractivity contribution in [2.75, 3.05) is 0 Å². The number of aryl methyl sites for hydroxylation is 1. The quantitative estimate of drug-likeness (QED) is 0.632. The largest absolute Gasteiger partial charge is 0.765 e. The van der Waals surface area contributed by atoms with Crippen LogP contribution in [0.2, 0.25) is 0 Å². The number of rotatable bonds is 0. The molecule has 1 unspecified atom stereocenters. The minimum Gasteiger partial charge on any atom is -0.765 e.